The summed E-state index contributed by atoms with van der Waals surface area (Å²) in [6.45, 7) is 2.56. The summed E-state index contributed by atoms with van der Waals surface area (Å²) in [4.78, 5) is 0. The zero-order chi connectivity index (χ0) is 14.8. The van der Waals surface area contributed by atoms with Crippen molar-refractivity contribution >= 4 is 0 Å². The third kappa shape index (κ3) is 5.89. The maximum atomic E-state index is 9.92. The molecule has 4 atom stereocenters. The summed E-state index contributed by atoms with van der Waals surface area (Å²) in [5.41, 5.74) is 0. The molecule has 1 saturated heterocycles. The summed E-state index contributed by atoms with van der Waals surface area (Å²) in [5.74, 6) is 0. The molecule has 0 aliphatic carbocycles. The molecule has 0 spiro atoms. The number of ether oxygens (including phenoxy) is 2. The molecular weight excluding hydrogens is 260 g/mol. The molecule has 1 aliphatic rings. The van der Waals surface area contributed by atoms with Gasteiger partial charge < -0.3 is 24.8 Å². The van der Waals surface area contributed by atoms with Crippen LogP contribution < -0.4 is 0 Å². The Labute approximate surface area is 121 Å². The lowest BCUT2D eigenvalue weighted by Crippen LogP contribution is -2.41. The Morgan fingerprint density at radius 2 is 2.10 bits per heavy atom. The van der Waals surface area contributed by atoms with Crippen molar-refractivity contribution in [2.45, 2.75) is 63.4 Å². The van der Waals surface area contributed by atoms with Crippen LogP contribution in [-0.2, 0) is 9.47 Å². The van der Waals surface area contributed by atoms with Gasteiger partial charge in [0.15, 0.2) is 0 Å². The standard InChI is InChI=1S/C15H28O5/c1-2-3-4-5-6-7-8-9-19-13-11-20-15(14(13)18)12(17)10-16/h3-4,12-18H,2,5-11H2,1H3/b4-3+/t12-,13+,14-,15-/m0/s1. The van der Waals surface area contributed by atoms with Crippen LogP contribution >= 0.6 is 0 Å². The molecule has 1 fully saturated rings. The molecule has 118 valence electrons. The number of allylic oxidation sites excluding steroid dienone is 2. The van der Waals surface area contributed by atoms with Gasteiger partial charge in [-0.25, -0.2) is 0 Å². The fraction of sp³-hybridized carbons (Fsp3) is 0.867. The first-order valence-electron chi connectivity index (χ1n) is 7.55. The van der Waals surface area contributed by atoms with Crippen molar-refractivity contribution in [1.82, 2.24) is 0 Å². The number of hydrogen-bond acceptors (Lipinski definition) is 5. The molecule has 0 aromatic rings. The zero-order valence-corrected chi connectivity index (χ0v) is 12.3. The Bertz CT molecular complexity index is 269. The predicted molar refractivity (Wildman–Crippen MR) is 76.5 cm³/mol. The summed E-state index contributed by atoms with van der Waals surface area (Å²) in [6.07, 6.45) is 6.70. The fourth-order valence-corrected chi connectivity index (χ4v) is 2.26. The van der Waals surface area contributed by atoms with Crippen molar-refractivity contribution in [2.24, 2.45) is 0 Å². The van der Waals surface area contributed by atoms with E-state index in [-0.39, 0.29) is 6.61 Å². The third-order valence-corrected chi connectivity index (χ3v) is 3.49. The van der Waals surface area contributed by atoms with Gasteiger partial charge in [0.25, 0.3) is 0 Å². The number of aliphatic hydroxyl groups excluding tert-OH is 3. The molecule has 0 bridgehead atoms. The predicted octanol–water partition coefficient (Wildman–Crippen LogP) is 1.01. The highest BCUT2D eigenvalue weighted by atomic mass is 16.6. The minimum atomic E-state index is -1.05. The largest absolute Gasteiger partial charge is 0.394 e. The Hall–Kier alpha value is -0.460. The van der Waals surface area contributed by atoms with Crippen molar-refractivity contribution in [3.63, 3.8) is 0 Å². The first-order chi connectivity index (χ1) is 9.70. The van der Waals surface area contributed by atoms with Crippen molar-refractivity contribution < 1.29 is 24.8 Å². The number of hydrogen-bond donors (Lipinski definition) is 3. The SMILES string of the molecule is CC/C=C/CCCCCO[C@@H]1CO[C@@H]([C@@H](O)CO)[C@H]1O. The van der Waals surface area contributed by atoms with E-state index in [0.717, 1.165) is 32.1 Å². The van der Waals surface area contributed by atoms with Crippen LogP contribution in [0, 0.1) is 0 Å². The lowest BCUT2D eigenvalue weighted by molar-refractivity contribution is -0.0730. The van der Waals surface area contributed by atoms with E-state index in [0.29, 0.717) is 6.61 Å². The monoisotopic (exact) mass is 288 g/mol. The average molecular weight is 288 g/mol. The van der Waals surface area contributed by atoms with Gasteiger partial charge in [-0.15, -0.1) is 0 Å². The molecule has 1 aliphatic heterocycles. The van der Waals surface area contributed by atoms with Crippen molar-refractivity contribution in [3.8, 4) is 0 Å². The topological polar surface area (TPSA) is 79.2 Å². The fourth-order valence-electron chi connectivity index (χ4n) is 2.26. The average Bonchev–Trinajstić information content (AvgIpc) is 2.82. The number of unbranched alkanes of at least 4 members (excludes halogenated alkanes) is 3. The van der Waals surface area contributed by atoms with Crippen LogP contribution in [0.15, 0.2) is 12.2 Å². The Morgan fingerprint density at radius 3 is 2.80 bits per heavy atom. The number of rotatable bonds is 10. The van der Waals surface area contributed by atoms with E-state index in [2.05, 4.69) is 19.1 Å². The van der Waals surface area contributed by atoms with E-state index in [1.54, 1.807) is 0 Å². The smallest absolute Gasteiger partial charge is 0.114 e. The molecule has 5 nitrogen and oxygen atoms in total. The van der Waals surface area contributed by atoms with E-state index in [1.165, 1.54) is 0 Å². The molecular formula is C15H28O5. The summed E-state index contributed by atoms with van der Waals surface area (Å²) in [6, 6.07) is 0. The van der Waals surface area contributed by atoms with Gasteiger partial charge >= 0.3 is 0 Å². The second-order valence-electron chi connectivity index (χ2n) is 5.18. The van der Waals surface area contributed by atoms with Crippen LogP contribution in [0.25, 0.3) is 0 Å². The summed E-state index contributed by atoms with van der Waals surface area (Å²) < 4.78 is 10.8. The van der Waals surface area contributed by atoms with Gasteiger partial charge in [-0.3, -0.25) is 0 Å². The van der Waals surface area contributed by atoms with E-state index in [9.17, 15) is 10.2 Å². The molecule has 1 rings (SSSR count). The maximum absolute atomic E-state index is 9.92. The minimum absolute atomic E-state index is 0.266. The van der Waals surface area contributed by atoms with Crippen LogP contribution in [0.4, 0.5) is 0 Å². The molecule has 0 amide bonds. The van der Waals surface area contributed by atoms with Crippen molar-refractivity contribution in [2.75, 3.05) is 19.8 Å². The molecule has 0 radical (unpaired) electrons. The normalized spacial score (nSPS) is 28.3. The molecule has 0 saturated carbocycles. The van der Waals surface area contributed by atoms with Gasteiger partial charge in [0, 0.05) is 6.61 Å². The lowest BCUT2D eigenvalue weighted by Gasteiger charge is -2.20. The molecule has 3 N–H and O–H groups in total. The van der Waals surface area contributed by atoms with Crippen LogP contribution in [0.2, 0.25) is 0 Å². The highest BCUT2D eigenvalue weighted by molar-refractivity contribution is 4.88. The van der Waals surface area contributed by atoms with Crippen LogP contribution in [0.5, 0.6) is 0 Å². The van der Waals surface area contributed by atoms with Crippen molar-refractivity contribution in [1.29, 1.82) is 0 Å². The zero-order valence-electron chi connectivity index (χ0n) is 12.3. The van der Waals surface area contributed by atoms with Crippen LogP contribution in [-0.4, -0.2) is 59.6 Å². The van der Waals surface area contributed by atoms with E-state index >= 15 is 0 Å². The first-order valence-corrected chi connectivity index (χ1v) is 7.55. The molecule has 0 aromatic carbocycles. The Morgan fingerprint density at radius 1 is 1.30 bits per heavy atom. The van der Waals surface area contributed by atoms with Gasteiger partial charge in [0.1, 0.15) is 24.4 Å². The molecule has 20 heavy (non-hydrogen) atoms. The third-order valence-electron chi connectivity index (χ3n) is 3.49. The van der Waals surface area contributed by atoms with Crippen LogP contribution in [0.3, 0.4) is 0 Å². The molecule has 0 aromatic heterocycles. The van der Waals surface area contributed by atoms with Gasteiger partial charge in [-0.05, 0) is 25.7 Å². The highest BCUT2D eigenvalue weighted by Gasteiger charge is 2.40. The van der Waals surface area contributed by atoms with Gasteiger partial charge in [0.05, 0.1) is 13.2 Å². The van der Waals surface area contributed by atoms with Crippen molar-refractivity contribution in [3.05, 3.63) is 12.2 Å². The van der Waals surface area contributed by atoms with Gasteiger partial charge in [-0.2, -0.15) is 0 Å². The first kappa shape index (κ1) is 17.6. The van der Waals surface area contributed by atoms with E-state index in [4.69, 9.17) is 14.6 Å². The molecule has 0 unspecified atom stereocenters. The molecule has 1 heterocycles. The van der Waals surface area contributed by atoms with E-state index < -0.39 is 31.0 Å². The molecule has 5 heteroatoms. The quantitative estimate of drug-likeness (QED) is 0.413. The Kier molecular flexibility index (Phi) is 9.05. The van der Waals surface area contributed by atoms with E-state index in [1.807, 2.05) is 0 Å². The summed E-state index contributed by atoms with van der Waals surface area (Å²) in [5, 5.41) is 28.2. The summed E-state index contributed by atoms with van der Waals surface area (Å²) in [7, 11) is 0. The second-order valence-corrected chi connectivity index (χ2v) is 5.18. The maximum Gasteiger partial charge on any atom is 0.114 e. The minimum Gasteiger partial charge on any atom is -0.394 e. The Balaban J connectivity index is 2.07. The lowest BCUT2D eigenvalue weighted by atomic mass is 10.1. The van der Waals surface area contributed by atoms with Gasteiger partial charge in [-0.1, -0.05) is 25.5 Å². The highest BCUT2D eigenvalue weighted by Crippen LogP contribution is 2.20. The number of aliphatic hydroxyl groups is 3. The van der Waals surface area contributed by atoms with Gasteiger partial charge in [0.2, 0.25) is 0 Å². The second kappa shape index (κ2) is 10.3. The van der Waals surface area contributed by atoms with Crippen LogP contribution in [0.1, 0.15) is 39.0 Å². The summed E-state index contributed by atoms with van der Waals surface area (Å²) >= 11 is 0.